The van der Waals surface area contributed by atoms with E-state index in [1.54, 1.807) is 28.2 Å². The standard InChI is InChI=1S/C15H24N4O2S/c1-5-12-17-10(2)15(22-12)11(3)18(4)14(21)9-19-7-6-16-8-13(19)20/h11,16H,5-9H2,1-4H3. The number of thiazole rings is 1. The molecule has 0 aromatic carbocycles. The van der Waals surface area contributed by atoms with Gasteiger partial charge in [-0.15, -0.1) is 11.3 Å². The van der Waals surface area contributed by atoms with Crippen LogP contribution in [0.15, 0.2) is 0 Å². The van der Waals surface area contributed by atoms with Crippen LogP contribution in [0.3, 0.4) is 0 Å². The summed E-state index contributed by atoms with van der Waals surface area (Å²) in [6, 6.07) is -0.0247. The van der Waals surface area contributed by atoms with Crippen molar-refractivity contribution in [2.24, 2.45) is 0 Å². The third kappa shape index (κ3) is 3.64. The van der Waals surface area contributed by atoms with Gasteiger partial charge in [-0.2, -0.15) is 0 Å². The summed E-state index contributed by atoms with van der Waals surface area (Å²) >= 11 is 1.66. The predicted octanol–water partition coefficient (Wildman–Crippen LogP) is 0.965. The average molecular weight is 324 g/mol. The van der Waals surface area contributed by atoms with Crippen LogP contribution in [0.1, 0.15) is 35.5 Å². The van der Waals surface area contributed by atoms with E-state index < -0.39 is 0 Å². The number of carbonyl (C=O) groups is 2. The maximum Gasteiger partial charge on any atom is 0.242 e. The zero-order chi connectivity index (χ0) is 16.3. The van der Waals surface area contributed by atoms with E-state index in [0.29, 0.717) is 13.1 Å². The quantitative estimate of drug-likeness (QED) is 0.876. The van der Waals surface area contributed by atoms with Crippen molar-refractivity contribution < 1.29 is 9.59 Å². The van der Waals surface area contributed by atoms with Crippen LogP contribution >= 0.6 is 11.3 Å². The summed E-state index contributed by atoms with van der Waals surface area (Å²) in [5.41, 5.74) is 0.993. The van der Waals surface area contributed by atoms with E-state index in [1.165, 1.54) is 0 Å². The summed E-state index contributed by atoms with van der Waals surface area (Å²) in [7, 11) is 1.80. The molecule has 0 aliphatic carbocycles. The molecule has 1 fully saturated rings. The molecule has 6 nitrogen and oxygen atoms in total. The number of hydrogen-bond donors (Lipinski definition) is 1. The Hall–Kier alpha value is -1.47. The highest BCUT2D eigenvalue weighted by Gasteiger charge is 2.26. The first kappa shape index (κ1) is 16.9. The molecule has 1 aromatic rings. The zero-order valence-electron chi connectivity index (χ0n) is 13.7. The Balaban J connectivity index is 2.02. The molecule has 1 N–H and O–H groups in total. The van der Waals surface area contributed by atoms with E-state index in [9.17, 15) is 9.59 Å². The molecule has 0 bridgehead atoms. The molecule has 22 heavy (non-hydrogen) atoms. The third-order valence-electron chi connectivity index (χ3n) is 4.05. The maximum atomic E-state index is 12.5. The molecule has 1 aromatic heterocycles. The molecule has 2 heterocycles. The molecule has 1 saturated heterocycles. The molecule has 1 atom stereocenters. The van der Waals surface area contributed by atoms with E-state index in [-0.39, 0.29) is 24.4 Å². The van der Waals surface area contributed by atoms with Crippen molar-refractivity contribution >= 4 is 23.2 Å². The lowest BCUT2D eigenvalue weighted by molar-refractivity contribution is -0.141. The highest BCUT2D eigenvalue weighted by Crippen LogP contribution is 2.28. The minimum Gasteiger partial charge on any atom is -0.337 e. The summed E-state index contributed by atoms with van der Waals surface area (Å²) in [6.45, 7) is 7.88. The van der Waals surface area contributed by atoms with Crippen LogP contribution in [0.2, 0.25) is 0 Å². The van der Waals surface area contributed by atoms with E-state index in [0.717, 1.165) is 28.5 Å². The second-order valence-corrected chi connectivity index (χ2v) is 6.70. The number of nitrogens with one attached hydrogen (secondary N) is 1. The first-order valence-corrected chi connectivity index (χ1v) is 8.46. The number of rotatable bonds is 5. The van der Waals surface area contributed by atoms with Gasteiger partial charge in [0.05, 0.1) is 29.8 Å². The average Bonchev–Trinajstić information content (AvgIpc) is 2.89. The van der Waals surface area contributed by atoms with Gasteiger partial charge in [-0.05, 0) is 20.3 Å². The Labute approximate surface area is 135 Å². The van der Waals surface area contributed by atoms with E-state index in [4.69, 9.17) is 0 Å². The summed E-state index contributed by atoms with van der Waals surface area (Å²) in [5.74, 6) is -0.0449. The van der Waals surface area contributed by atoms with Crippen LogP contribution in [0.25, 0.3) is 0 Å². The van der Waals surface area contributed by atoms with Gasteiger partial charge in [-0.3, -0.25) is 9.59 Å². The van der Waals surface area contributed by atoms with Gasteiger partial charge >= 0.3 is 0 Å². The predicted molar refractivity (Wildman–Crippen MR) is 86.9 cm³/mol. The highest BCUT2D eigenvalue weighted by atomic mass is 32.1. The Bertz CT molecular complexity index is 558. The van der Waals surface area contributed by atoms with Gasteiger partial charge in [0.25, 0.3) is 0 Å². The number of hydrogen-bond acceptors (Lipinski definition) is 5. The Morgan fingerprint density at radius 3 is 2.86 bits per heavy atom. The Morgan fingerprint density at radius 2 is 2.27 bits per heavy atom. The zero-order valence-corrected chi connectivity index (χ0v) is 14.5. The topological polar surface area (TPSA) is 65.5 Å². The van der Waals surface area contributed by atoms with Crippen LogP contribution in [-0.4, -0.2) is 59.8 Å². The summed E-state index contributed by atoms with van der Waals surface area (Å²) in [6.07, 6.45) is 0.908. The summed E-state index contributed by atoms with van der Waals surface area (Å²) < 4.78 is 0. The van der Waals surface area contributed by atoms with Gasteiger partial charge in [-0.1, -0.05) is 6.92 Å². The lowest BCUT2D eigenvalue weighted by Crippen LogP contribution is -2.51. The largest absolute Gasteiger partial charge is 0.337 e. The molecule has 0 spiro atoms. The first-order valence-electron chi connectivity index (χ1n) is 7.64. The van der Waals surface area contributed by atoms with Crippen LogP contribution in [0.4, 0.5) is 0 Å². The molecule has 0 saturated carbocycles. The van der Waals surface area contributed by atoms with Crippen molar-refractivity contribution in [3.63, 3.8) is 0 Å². The number of aryl methyl sites for hydroxylation is 2. The maximum absolute atomic E-state index is 12.5. The number of nitrogens with zero attached hydrogens (tertiary/aromatic N) is 3. The van der Waals surface area contributed by atoms with E-state index in [2.05, 4.69) is 17.2 Å². The Kier molecular flexibility index (Phi) is 5.52. The molecule has 0 radical (unpaired) electrons. The first-order chi connectivity index (χ1) is 10.4. The molecule has 122 valence electrons. The number of amides is 2. The monoisotopic (exact) mass is 324 g/mol. The highest BCUT2D eigenvalue weighted by molar-refractivity contribution is 7.11. The second-order valence-electron chi connectivity index (χ2n) is 5.58. The van der Waals surface area contributed by atoms with Crippen LogP contribution < -0.4 is 5.32 Å². The minimum atomic E-state index is -0.0337. The molecule has 1 aliphatic heterocycles. The number of carbonyl (C=O) groups excluding carboxylic acids is 2. The van der Waals surface area contributed by atoms with E-state index >= 15 is 0 Å². The van der Waals surface area contributed by atoms with Gasteiger partial charge in [0, 0.05) is 25.0 Å². The number of aromatic nitrogens is 1. The SMILES string of the molecule is CCc1nc(C)c(C(C)N(C)C(=O)CN2CCNCC2=O)s1. The van der Waals surface area contributed by atoms with Crippen molar-refractivity contribution in [1.29, 1.82) is 0 Å². The lowest BCUT2D eigenvalue weighted by atomic mass is 10.2. The normalized spacial score (nSPS) is 16.7. The van der Waals surface area contributed by atoms with Gasteiger partial charge < -0.3 is 15.1 Å². The molecule has 1 aliphatic rings. The number of likely N-dealkylation sites (N-methyl/N-ethyl adjacent to an activating group) is 1. The van der Waals surface area contributed by atoms with Crippen molar-refractivity contribution in [1.82, 2.24) is 20.1 Å². The summed E-state index contributed by atoms with van der Waals surface area (Å²) in [5, 5.41) is 4.10. The molecule has 2 amide bonds. The van der Waals surface area contributed by atoms with Gasteiger partial charge in [-0.25, -0.2) is 4.98 Å². The minimum absolute atomic E-state index is 0.0112. The van der Waals surface area contributed by atoms with Crippen molar-refractivity contribution in [3.8, 4) is 0 Å². The van der Waals surface area contributed by atoms with Crippen molar-refractivity contribution in [2.75, 3.05) is 33.2 Å². The van der Waals surface area contributed by atoms with Crippen LogP contribution in [0.5, 0.6) is 0 Å². The summed E-state index contributed by atoms with van der Waals surface area (Å²) in [4.78, 5) is 33.2. The fraction of sp³-hybridized carbons (Fsp3) is 0.667. The van der Waals surface area contributed by atoms with Crippen LogP contribution in [-0.2, 0) is 16.0 Å². The fourth-order valence-corrected chi connectivity index (χ4v) is 3.59. The molecule has 1 unspecified atom stereocenters. The molecular weight excluding hydrogens is 300 g/mol. The van der Waals surface area contributed by atoms with Gasteiger partial charge in [0.1, 0.15) is 0 Å². The lowest BCUT2D eigenvalue weighted by Gasteiger charge is -2.30. The molecule has 2 rings (SSSR count). The third-order valence-corrected chi connectivity index (χ3v) is 5.52. The Morgan fingerprint density at radius 1 is 1.55 bits per heavy atom. The fourth-order valence-electron chi connectivity index (χ4n) is 2.48. The smallest absolute Gasteiger partial charge is 0.242 e. The van der Waals surface area contributed by atoms with Crippen molar-refractivity contribution in [2.45, 2.75) is 33.2 Å². The molecule has 7 heteroatoms. The van der Waals surface area contributed by atoms with Crippen LogP contribution in [0, 0.1) is 6.92 Å². The van der Waals surface area contributed by atoms with Crippen molar-refractivity contribution in [3.05, 3.63) is 15.6 Å². The van der Waals surface area contributed by atoms with E-state index in [1.807, 2.05) is 13.8 Å². The number of piperazine rings is 1. The molecular formula is C15H24N4O2S. The second kappa shape index (κ2) is 7.19. The van der Waals surface area contributed by atoms with Gasteiger partial charge in [0.15, 0.2) is 0 Å². The van der Waals surface area contributed by atoms with Gasteiger partial charge in [0.2, 0.25) is 11.8 Å².